The van der Waals surface area contributed by atoms with E-state index in [1.54, 1.807) is 0 Å². The number of amidine groups is 1. The molecule has 3 N–H and O–H groups in total. The number of fused-ring (bicyclic) bond motifs is 1. The number of nitrogens with one attached hydrogen (secondary N) is 1. The molecule has 4 heteroatoms. The van der Waals surface area contributed by atoms with Crippen LogP contribution in [0.2, 0.25) is 0 Å². The summed E-state index contributed by atoms with van der Waals surface area (Å²) >= 11 is 0. The minimum absolute atomic E-state index is 0.380. The average Bonchev–Trinajstić information content (AvgIpc) is 2.55. The number of aliphatic hydroxyl groups is 2. The van der Waals surface area contributed by atoms with E-state index < -0.39 is 12.2 Å². The predicted molar refractivity (Wildman–Crippen MR) is 66.1 cm³/mol. The van der Waals surface area contributed by atoms with E-state index in [9.17, 15) is 10.2 Å². The summed E-state index contributed by atoms with van der Waals surface area (Å²) in [5, 5.41) is 23.5. The van der Waals surface area contributed by atoms with Gasteiger partial charge in [-0.1, -0.05) is 24.3 Å². The minimum Gasteiger partial charge on any atom is -0.384 e. The van der Waals surface area contributed by atoms with Crippen LogP contribution in [0.3, 0.4) is 0 Å². The summed E-state index contributed by atoms with van der Waals surface area (Å²) < 4.78 is 1.92. The Morgan fingerprint density at radius 2 is 1.59 bits per heavy atom. The van der Waals surface area contributed by atoms with Crippen LogP contribution in [0, 0.1) is 0 Å². The monoisotopic (exact) mass is 235 g/mol. The molecule has 0 aliphatic heterocycles. The summed E-state index contributed by atoms with van der Waals surface area (Å²) in [6.45, 7) is 1.92. The van der Waals surface area contributed by atoms with Gasteiger partial charge in [0, 0.05) is 6.92 Å². The second-order valence-electron chi connectivity index (χ2n) is 4.67. The summed E-state index contributed by atoms with van der Waals surface area (Å²) in [5.41, 5.74) is 1.62. The normalized spacial score (nSPS) is 26.5. The summed E-state index contributed by atoms with van der Waals surface area (Å²) in [4.78, 5) is 0. The minimum atomic E-state index is -0.670. The Morgan fingerprint density at radius 3 is 2.00 bits per heavy atom. The number of nitrogens with zero attached hydrogens (tertiary/aromatic N) is 1. The summed E-state index contributed by atoms with van der Waals surface area (Å²) in [5.74, 6) is 0.918. The van der Waals surface area contributed by atoms with Crippen LogP contribution in [0.15, 0.2) is 24.3 Å². The number of benzene rings is 1. The summed E-state index contributed by atoms with van der Waals surface area (Å²) in [6, 6.07) is 7.08. The lowest BCUT2D eigenvalue weighted by atomic mass is 10.1. The van der Waals surface area contributed by atoms with Crippen molar-refractivity contribution in [3.63, 3.8) is 0 Å². The van der Waals surface area contributed by atoms with Gasteiger partial charge in [-0.3, -0.25) is 9.89 Å². The maximum atomic E-state index is 10.2. The second-order valence-corrected chi connectivity index (χ2v) is 4.67. The van der Waals surface area contributed by atoms with Crippen LogP contribution in [0.4, 0.5) is 0 Å². The first-order valence-electron chi connectivity index (χ1n) is 5.74. The smallest absolute Gasteiger partial charge is 0.241 e. The molecule has 92 valence electrons. The lowest BCUT2D eigenvalue weighted by Gasteiger charge is -2.16. The van der Waals surface area contributed by atoms with Crippen LogP contribution >= 0.6 is 0 Å². The van der Waals surface area contributed by atoms with Gasteiger partial charge in [0.05, 0.1) is 14.1 Å². The van der Waals surface area contributed by atoms with Crippen molar-refractivity contribution in [3.05, 3.63) is 35.4 Å². The summed E-state index contributed by atoms with van der Waals surface area (Å²) in [6.07, 6.45) is -1.34. The van der Waals surface area contributed by atoms with Crippen molar-refractivity contribution >= 4 is 5.84 Å². The first-order chi connectivity index (χ1) is 8.02. The fraction of sp³-hybridized carbons (Fsp3) is 0.462. The van der Waals surface area contributed by atoms with E-state index in [-0.39, 0.29) is 6.04 Å². The van der Waals surface area contributed by atoms with Crippen molar-refractivity contribution in [2.24, 2.45) is 0 Å². The fourth-order valence-electron chi connectivity index (χ4n) is 2.14. The highest BCUT2D eigenvalue weighted by atomic mass is 16.3. The van der Waals surface area contributed by atoms with E-state index in [0.717, 1.165) is 17.0 Å². The number of hydrogen-bond donors (Lipinski definition) is 3. The highest BCUT2D eigenvalue weighted by Gasteiger charge is 2.41. The molecule has 0 heterocycles. The zero-order chi connectivity index (χ0) is 12.6. The Kier molecular flexibility index (Phi) is 3.17. The standard InChI is InChI=1S/C13H18N2O2/c1-8(15(2)3)14-11-12(16)9-6-4-5-7-10(9)13(11)17/h4-7,11-13,16-17H,1-3H3/p+1. The van der Waals surface area contributed by atoms with Crippen LogP contribution in [-0.4, -0.2) is 40.8 Å². The molecule has 0 spiro atoms. The highest BCUT2D eigenvalue weighted by molar-refractivity contribution is 5.75. The molecule has 2 unspecified atom stereocenters. The number of hydrogen-bond acceptors (Lipinski definition) is 2. The van der Waals surface area contributed by atoms with Crippen molar-refractivity contribution in [2.45, 2.75) is 25.2 Å². The van der Waals surface area contributed by atoms with Crippen LogP contribution in [-0.2, 0) is 0 Å². The van der Waals surface area contributed by atoms with E-state index in [1.807, 2.05) is 49.9 Å². The molecule has 0 bridgehead atoms. The first kappa shape index (κ1) is 12.1. The summed E-state index contributed by atoms with van der Waals surface area (Å²) in [7, 11) is 3.84. The van der Waals surface area contributed by atoms with Crippen LogP contribution in [0.25, 0.3) is 0 Å². The SMILES string of the molecule is CC(NC1C(O)c2ccccc2C1O)=[N+](C)C. The topological polar surface area (TPSA) is 55.5 Å². The fourth-order valence-corrected chi connectivity index (χ4v) is 2.14. The van der Waals surface area contributed by atoms with Crippen molar-refractivity contribution < 1.29 is 14.8 Å². The van der Waals surface area contributed by atoms with Gasteiger partial charge in [-0.2, -0.15) is 0 Å². The van der Waals surface area contributed by atoms with Crippen LogP contribution in [0.5, 0.6) is 0 Å². The quantitative estimate of drug-likeness (QED) is 0.375. The Labute approximate surface area is 101 Å². The molecule has 1 aliphatic carbocycles. The average molecular weight is 235 g/mol. The Balaban J connectivity index is 2.27. The van der Waals surface area contributed by atoms with E-state index in [2.05, 4.69) is 5.32 Å². The molecule has 4 nitrogen and oxygen atoms in total. The van der Waals surface area contributed by atoms with Crippen molar-refractivity contribution in [3.8, 4) is 0 Å². The molecular formula is C13H19N2O2+. The first-order valence-corrected chi connectivity index (χ1v) is 5.74. The Morgan fingerprint density at radius 1 is 1.12 bits per heavy atom. The van der Waals surface area contributed by atoms with Crippen molar-refractivity contribution in [1.82, 2.24) is 5.32 Å². The molecule has 1 aromatic rings. The maximum absolute atomic E-state index is 10.2. The Hall–Kier alpha value is -1.39. The third kappa shape index (κ3) is 2.06. The van der Waals surface area contributed by atoms with Gasteiger partial charge >= 0.3 is 0 Å². The van der Waals surface area contributed by atoms with E-state index in [4.69, 9.17) is 0 Å². The molecular weight excluding hydrogens is 216 g/mol. The maximum Gasteiger partial charge on any atom is 0.241 e. The molecule has 2 rings (SSSR count). The van der Waals surface area contributed by atoms with E-state index in [1.165, 1.54) is 0 Å². The zero-order valence-corrected chi connectivity index (χ0v) is 10.4. The number of aliphatic hydroxyl groups excluding tert-OH is 2. The lowest BCUT2D eigenvalue weighted by Crippen LogP contribution is -2.41. The van der Waals surface area contributed by atoms with Gasteiger partial charge in [0.15, 0.2) is 6.04 Å². The third-order valence-corrected chi connectivity index (χ3v) is 3.36. The van der Waals surface area contributed by atoms with E-state index in [0.29, 0.717) is 0 Å². The van der Waals surface area contributed by atoms with Crippen molar-refractivity contribution in [1.29, 1.82) is 0 Å². The molecule has 0 saturated carbocycles. The largest absolute Gasteiger partial charge is 0.384 e. The van der Waals surface area contributed by atoms with Gasteiger partial charge in [0.2, 0.25) is 5.84 Å². The van der Waals surface area contributed by atoms with Crippen LogP contribution in [0.1, 0.15) is 30.3 Å². The molecule has 0 saturated heterocycles. The van der Waals surface area contributed by atoms with Gasteiger partial charge in [-0.25, -0.2) is 0 Å². The second kappa shape index (κ2) is 4.47. The molecule has 0 aromatic heterocycles. The van der Waals surface area contributed by atoms with Gasteiger partial charge < -0.3 is 10.2 Å². The highest BCUT2D eigenvalue weighted by Crippen LogP contribution is 2.38. The van der Waals surface area contributed by atoms with Crippen molar-refractivity contribution in [2.75, 3.05) is 14.1 Å². The van der Waals surface area contributed by atoms with E-state index >= 15 is 0 Å². The zero-order valence-electron chi connectivity index (χ0n) is 10.4. The van der Waals surface area contributed by atoms with Gasteiger partial charge in [0.1, 0.15) is 12.2 Å². The van der Waals surface area contributed by atoms with Crippen LogP contribution < -0.4 is 5.32 Å². The lowest BCUT2D eigenvalue weighted by molar-refractivity contribution is -0.467. The van der Waals surface area contributed by atoms with Gasteiger partial charge in [-0.05, 0) is 11.1 Å². The molecule has 0 fully saturated rings. The van der Waals surface area contributed by atoms with Gasteiger partial charge in [-0.15, -0.1) is 0 Å². The molecule has 2 atom stereocenters. The predicted octanol–water partition coefficient (Wildman–Crippen LogP) is 0.416. The Bertz CT molecular complexity index is 423. The third-order valence-electron chi connectivity index (χ3n) is 3.36. The number of rotatable bonds is 1. The molecule has 0 radical (unpaired) electrons. The molecule has 1 aliphatic rings. The molecule has 1 aromatic carbocycles. The molecule has 0 amide bonds. The van der Waals surface area contributed by atoms with Gasteiger partial charge in [0.25, 0.3) is 0 Å². The molecule has 17 heavy (non-hydrogen) atoms.